The number of nitrogens with one attached hydrogen (secondary N) is 1. The molecule has 0 radical (unpaired) electrons. The van der Waals surface area contributed by atoms with Gasteiger partial charge in [0.1, 0.15) is 5.75 Å². The zero-order valence-corrected chi connectivity index (χ0v) is 10.7. The number of phenolic OH excluding ortho intramolecular Hbond substituents is 1. The number of aryl methyl sites for hydroxylation is 1. The Hall–Kier alpha value is -1.16. The van der Waals surface area contributed by atoms with Crippen LogP contribution in [0.4, 0.5) is 0 Å². The average Bonchev–Trinajstić information content (AvgIpc) is 2.30. The molecule has 1 aliphatic rings. The number of rotatable bonds is 2. The highest BCUT2D eigenvalue weighted by molar-refractivity contribution is 7.99. The van der Waals surface area contributed by atoms with E-state index in [0.717, 1.165) is 17.7 Å². The van der Waals surface area contributed by atoms with Crippen molar-refractivity contribution in [1.29, 1.82) is 0 Å². The normalized spacial score (nSPS) is 19.9. The van der Waals surface area contributed by atoms with Gasteiger partial charge in [-0.1, -0.05) is 0 Å². The van der Waals surface area contributed by atoms with E-state index >= 15 is 0 Å². The van der Waals surface area contributed by atoms with Crippen molar-refractivity contribution >= 4 is 17.7 Å². The summed E-state index contributed by atoms with van der Waals surface area (Å²) in [6.45, 7) is 1.84. The van der Waals surface area contributed by atoms with E-state index < -0.39 is 0 Å². The zero-order chi connectivity index (χ0) is 12.3. The Labute approximate surface area is 106 Å². The van der Waals surface area contributed by atoms with Crippen molar-refractivity contribution in [2.45, 2.75) is 25.8 Å². The number of carbonyl (C=O) groups excluding carboxylic acids is 1. The van der Waals surface area contributed by atoms with E-state index in [9.17, 15) is 9.90 Å². The van der Waals surface area contributed by atoms with Crippen LogP contribution < -0.4 is 5.32 Å². The van der Waals surface area contributed by atoms with Crippen molar-refractivity contribution in [1.82, 2.24) is 5.32 Å². The van der Waals surface area contributed by atoms with Gasteiger partial charge in [-0.3, -0.25) is 4.79 Å². The Balaban J connectivity index is 2.03. The molecule has 1 aliphatic heterocycles. The number of thioether (sulfide) groups is 1. The number of aromatic hydroxyl groups is 1. The molecular formula is C13H17NO2S. The highest BCUT2D eigenvalue weighted by Gasteiger charge is 2.17. The lowest BCUT2D eigenvalue weighted by Gasteiger charge is -2.22. The van der Waals surface area contributed by atoms with Crippen LogP contribution in [0.2, 0.25) is 0 Å². The maximum atomic E-state index is 12.0. The van der Waals surface area contributed by atoms with Gasteiger partial charge < -0.3 is 10.4 Å². The summed E-state index contributed by atoms with van der Waals surface area (Å²) in [5.41, 5.74) is 1.46. The maximum Gasteiger partial charge on any atom is 0.251 e. The van der Waals surface area contributed by atoms with Gasteiger partial charge in [-0.25, -0.2) is 0 Å². The Morgan fingerprint density at radius 3 is 3.00 bits per heavy atom. The number of amides is 1. The number of hydrogen-bond acceptors (Lipinski definition) is 3. The van der Waals surface area contributed by atoms with E-state index in [0.29, 0.717) is 5.56 Å². The van der Waals surface area contributed by atoms with E-state index in [2.05, 4.69) is 5.32 Å². The Kier molecular flexibility index (Phi) is 3.94. The summed E-state index contributed by atoms with van der Waals surface area (Å²) in [7, 11) is 0. The summed E-state index contributed by atoms with van der Waals surface area (Å²) in [5.74, 6) is 2.37. The van der Waals surface area contributed by atoms with E-state index in [1.165, 1.54) is 12.2 Å². The molecule has 1 saturated heterocycles. The molecule has 1 aromatic carbocycles. The number of benzene rings is 1. The Morgan fingerprint density at radius 1 is 1.53 bits per heavy atom. The van der Waals surface area contributed by atoms with E-state index in [4.69, 9.17) is 0 Å². The summed E-state index contributed by atoms with van der Waals surface area (Å²) in [5, 5.41) is 12.4. The molecule has 0 spiro atoms. The summed E-state index contributed by atoms with van der Waals surface area (Å²) < 4.78 is 0. The van der Waals surface area contributed by atoms with Crippen LogP contribution in [0.3, 0.4) is 0 Å². The Morgan fingerprint density at radius 2 is 2.35 bits per heavy atom. The fourth-order valence-corrected chi connectivity index (χ4v) is 3.09. The SMILES string of the molecule is Cc1cc(O)ccc1C(=O)NC1CCCSC1. The maximum absolute atomic E-state index is 12.0. The number of hydrogen-bond donors (Lipinski definition) is 2. The third-order valence-corrected chi connectivity index (χ3v) is 4.17. The zero-order valence-electron chi connectivity index (χ0n) is 9.90. The third-order valence-electron chi connectivity index (χ3n) is 2.95. The van der Waals surface area contributed by atoms with Gasteiger partial charge in [-0.15, -0.1) is 0 Å². The second-order valence-corrected chi connectivity index (χ2v) is 5.54. The van der Waals surface area contributed by atoms with E-state index in [-0.39, 0.29) is 17.7 Å². The summed E-state index contributed by atoms with van der Waals surface area (Å²) >= 11 is 1.89. The van der Waals surface area contributed by atoms with Crippen LogP contribution in [-0.4, -0.2) is 28.6 Å². The van der Waals surface area contributed by atoms with Crippen LogP contribution in [0.25, 0.3) is 0 Å². The van der Waals surface area contributed by atoms with Crippen molar-refractivity contribution in [2.24, 2.45) is 0 Å². The average molecular weight is 251 g/mol. The predicted octanol–water partition coefficient (Wildman–Crippen LogP) is 2.33. The highest BCUT2D eigenvalue weighted by atomic mass is 32.2. The molecule has 1 atom stereocenters. The van der Waals surface area contributed by atoms with Gasteiger partial charge in [0.2, 0.25) is 0 Å². The van der Waals surface area contributed by atoms with Gasteiger partial charge in [-0.05, 0) is 49.3 Å². The minimum atomic E-state index is -0.0324. The molecule has 1 amide bonds. The van der Waals surface area contributed by atoms with E-state index in [1.54, 1.807) is 18.2 Å². The largest absolute Gasteiger partial charge is 0.508 e. The fourth-order valence-electron chi connectivity index (χ4n) is 2.02. The molecule has 2 N–H and O–H groups in total. The van der Waals surface area contributed by atoms with Crippen molar-refractivity contribution < 1.29 is 9.90 Å². The van der Waals surface area contributed by atoms with Gasteiger partial charge in [-0.2, -0.15) is 11.8 Å². The molecule has 0 saturated carbocycles. The third kappa shape index (κ3) is 3.16. The molecule has 0 aliphatic carbocycles. The predicted molar refractivity (Wildman–Crippen MR) is 70.7 cm³/mol. The molecule has 3 nitrogen and oxygen atoms in total. The molecule has 1 fully saturated rings. The smallest absolute Gasteiger partial charge is 0.251 e. The second kappa shape index (κ2) is 5.45. The molecule has 1 heterocycles. The molecule has 92 valence electrons. The van der Waals surface area contributed by atoms with Gasteiger partial charge in [0, 0.05) is 17.4 Å². The lowest BCUT2D eigenvalue weighted by molar-refractivity contribution is 0.0938. The molecule has 4 heteroatoms. The first kappa shape index (κ1) is 12.3. The van der Waals surface area contributed by atoms with Gasteiger partial charge in [0.25, 0.3) is 5.91 Å². The quantitative estimate of drug-likeness (QED) is 0.848. The topological polar surface area (TPSA) is 49.3 Å². The minimum Gasteiger partial charge on any atom is -0.508 e. The van der Waals surface area contributed by atoms with Gasteiger partial charge in [0.05, 0.1) is 0 Å². The van der Waals surface area contributed by atoms with Crippen molar-refractivity contribution in [2.75, 3.05) is 11.5 Å². The molecule has 1 aromatic rings. The van der Waals surface area contributed by atoms with Crippen molar-refractivity contribution in [3.63, 3.8) is 0 Å². The highest BCUT2D eigenvalue weighted by Crippen LogP contribution is 2.19. The van der Waals surface area contributed by atoms with Crippen LogP contribution in [0.1, 0.15) is 28.8 Å². The first-order valence-electron chi connectivity index (χ1n) is 5.85. The Bertz CT molecular complexity index is 414. The lowest BCUT2D eigenvalue weighted by atomic mass is 10.1. The second-order valence-electron chi connectivity index (χ2n) is 4.39. The summed E-state index contributed by atoms with van der Waals surface area (Å²) in [4.78, 5) is 12.0. The van der Waals surface area contributed by atoms with Gasteiger partial charge in [0.15, 0.2) is 0 Å². The van der Waals surface area contributed by atoms with Crippen LogP contribution in [-0.2, 0) is 0 Å². The first-order chi connectivity index (χ1) is 8.16. The van der Waals surface area contributed by atoms with Crippen LogP contribution in [0.5, 0.6) is 5.75 Å². The van der Waals surface area contributed by atoms with Crippen LogP contribution >= 0.6 is 11.8 Å². The monoisotopic (exact) mass is 251 g/mol. The summed E-state index contributed by atoms with van der Waals surface area (Å²) in [6, 6.07) is 5.13. The molecular weight excluding hydrogens is 234 g/mol. The molecule has 0 bridgehead atoms. The molecule has 17 heavy (non-hydrogen) atoms. The van der Waals surface area contributed by atoms with Gasteiger partial charge >= 0.3 is 0 Å². The van der Waals surface area contributed by atoms with Crippen LogP contribution in [0, 0.1) is 6.92 Å². The minimum absolute atomic E-state index is 0.0324. The molecule has 0 aromatic heterocycles. The standard InChI is InChI=1S/C13H17NO2S/c1-9-7-11(15)4-5-12(9)13(16)14-10-3-2-6-17-8-10/h4-5,7,10,15H,2-3,6,8H2,1H3,(H,14,16). The molecule has 1 unspecified atom stereocenters. The van der Waals surface area contributed by atoms with E-state index in [1.807, 2.05) is 18.7 Å². The number of phenols is 1. The van der Waals surface area contributed by atoms with Crippen LogP contribution in [0.15, 0.2) is 18.2 Å². The first-order valence-corrected chi connectivity index (χ1v) is 7.00. The van der Waals surface area contributed by atoms with Crippen molar-refractivity contribution in [3.8, 4) is 5.75 Å². The fraction of sp³-hybridized carbons (Fsp3) is 0.462. The number of carbonyl (C=O) groups is 1. The molecule has 2 rings (SSSR count). The van der Waals surface area contributed by atoms with Crippen molar-refractivity contribution in [3.05, 3.63) is 29.3 Å². The lowest BCUT2D eigenvalue weighted by Crippen LogP contribution is -2.38. The summed E-state index contributed by atoms with van der Waals surface area (Å²) in [6.07, 6.45) is 2.24.